The maximum atomic E-state index is 12.8. The molecule has 0 fully saturated rings. The maximum absolute atomic E-state index is 12.8. The fraction of sp³-hybridized carbons (Fsp3) is 0.350. The fourth-order valence-corrected chi connectivity index (χ4v) is 2.83. The second kappa shape index (κ2) is 8.53. The lowest BCUT2D eigenvalue weighted by molar-refractivity contribution is -0.908. The van der Waals surface area contributed by atoms with Crippen molar-refractivity contribution in [2.75, 3.05) is 33.2 Å². The summed E-state index contributed by atoms with van der Waals surface area (Å²) >= 11 is 0. The van der Waals surface area contributed by atoms with Crippen molar-refractivity contribution in [1.29, 1.82) is 0 Å². The van der Waals surface area contributed by atoms with Gasteiger partial charge in [-0.2, -0.15) is 0 Å². The number of carbonyl (C=O) groups excluding carboxylic acids is 1. The highest BCUT2D eigenvalue weighted by molar-refractivity contribution is 5.95. The molecule has 0 spiro atoms. The molecule has 0 heterocycles. The summed E-state index contributed by atoms with van der Waals surface area (Å²) in [4.78, 5) is 15.6. The number of anilines is 1. The smallest absolute Gasteiger partial charge is 0.284 e. The highest BCUT2D eigenvalue weighted by Gasteiger charge is 2.27. The van der Waals surface area contributed by atoms with Crippen LogP contribution in [0.1, 0.15) is 12.5 Å². The molecule has 0 saturated heterocycles. The number of ether oxygens (including phenoxy) is 2. The number of para-hydroxylation sites is 2. The second-order valence-corrected chi connectivity index (χ2v) is 6.13. The predicted molar refractivity (Wildman–Crippen MR) is 99.5 cm³/mol. The third kappa shape index (κ3) is 4.31. The molecule has 0 aliphatic carbocycles. The average molecular weight is 343 g/mol. The first-order valence-corrected chi connectivity index (χ1v) is 8.34. The molecule has 0 aromatic heterocycles. The monoisotopic (exact) mass is 343 g/mol. The number of rotatable bonds is 7. The second-order valence-electron chi connectivity index (χ2n) is 6.13. The van der Waals surface area contributed by atoms with Gasteiger partial charge in [-0.15, -0.1) is 0 Å². The summed E-state index contributed by atoms with van der Waals surface area (Å²) in [6.45, 7) is 2.61. The van der Waals surface area contributed by atoms with Crippen LogP contribution in [0.25, 0.3) is 0 Å². The molecule has 0 aliphatic rings. The van der Waals surface area contributed by atoms with Crippen molar-refractivity contribution in [3.05, 3.63) is 54.1 Å². The van der Waals surface area contributed by atoms with Gasteiger partial charge in [-0.3, -0.25) is 4.79 Å². The Balaban J connectivity index is 2.12. The Bertz CT molecular complexity index is 703. The van der Waals surface area contributed by atoms with Crippen LogP contribution in [0.2, 0.25) is 0 Å². The van der Waals surface area contributed by atoms with E-state index in [1.165, 1.54) is 0 Å². The number of hydrogen-bond donors (Lipinski definition) is 1. The molecule has 2 aromatic carbocycles. The topological polar surface area (TPSA) is 43.2 Å². The fourth-order valence-electron chi connectivity index (χ4n) is 2.83. The van der Waals surface area contributed by atoms with Crippen molar-refractivity contribution in [1.82, 2.24) is 0 Å². The summed E-state index contributed by atoms with van der Waals surface area (Å²) in [5, 5.41) is 0. The minimum Gasteiger partial charge on any atom is -0.493 e. The molecule has 2 aromatic rings. The van der Waals surface area contributed by atoms with Crippen molar-refractivity contribution in [2.24, 2.45) is 0 Å². The summed E-state index contributed by atoms with van der Waals surface area (Å²) < 4.78 is 10.8. The van der Waals surface area contributed by atoms with Crippen molar-refractivity contribution in [3.63, 3.8) is 0 Å². The zero-order valence-electron chi connectivity index (χ0n) is 15.6. The molecule has 2 atom stereocenters. The Morgan fingerprint density at radius 1 is 1.08 bits per heavy atom. The van der Waals surface area contributed by atoms with E-state index in [1.807, 2.05) is 69.6 Å². The molecule has 0 radical (unpaired) electrons. The first-order valence-electron chi connectivity index (χ1n) is 8.34. The third-order valence-electron chi connectivity index (χ3n) is 4.54. The Kier molecular flexibility index (Phi) is 6.42. The van der Waals surface area contributed by atoms with Crippen molar-refractivity contribution < 1.29 is 19.2 Å². The number of benzene rings is 2. The number of methoxy groups -OCH3 is 2. The van der Waals surface area contributed by atoms with Gasteiger partial charge >= 0.3 is 0 Å². The predicted octanol–water partition coefficient (Wildman–Crippen LogP) is 1.77. The lowest BCUT2D eigenvalue weighted by Gasteiger charge is -2.26. The average Bonchev–Trinajstić information content (AvgIpc) is 2.66. The van der Waals surface area contributed by atoms with Gasteiger partial charge < -0.3 is 19.3 Å². The highest BCUT2D eigenvalue weighted by atomic mass is 16.5. The molecular weight excluding hydrogens is 316 g/mol. The molecule has 0 saturated carbocycles. The summed E-state index contributed by atoms with van der Waals surface area (Å²) in [5.41, 5.74) is 1.91. The highest BCUT2D eigenvalue weighted by Crippen LogP contribution is 2.30. The van der Waals surface area contributed by atoms with E-state index in [4.69, 9.17) is 9.47 Å². The Labute approximate surface area is 149 Å². The molecule has 1 unspecified atom stereocenters. The molecule has 5 heteroatoms. The van der Waals surface area contributed by atoms with Crippen molar-refractivity contribution in [3.8, 4) is 11.5 Å². The van der Waals surface area contributed by atoms with Gasteiger partial charge in [-0.25, -0.2) is 0 Å². The summed E-state index contributed by atoms with van der Waals surface area (Å²) in [5.74, 6) is 1.50. The quantitative estimate of drug-likeness (QED) is 0.833. The minimum absolute atomic E-state index is 0.0746. The van der Waals surface area contributed by atoms with E-state index in [0.29, 0.717) is 12.3 Å². The lowest BCUT2D eigenvalue weighted by Crippen LogP contribution is -3.12. The van der Waals surface area contributed by atoms with E-state index >= 15 is 0 Å². The molecule has 0 aliphatic heterocycles. The van der Waals surface area contributed by atoms with Gasteiger partial charge in [0, 0.05) is 12.7 Å². The molecule has 134 valence electrons. The SMILES string of the molecule is COc1cccc(C[NH+](C)[C@H](C)C(=O)N(C)c2ccccc2)c1OC. The molecule has 25 heavy (non-hydrogen) atoms. The van der Waals surface area contributed by atoms with Crippen LogP contribution in [0.4, 0.5) is 5.69 Å². The van der Waals surface area contributed by atoms with Gasteiger partial charge in [-0.05, 0) is 31.2 Å². The molecule has 1 amide bonds. The molecule has 1 N–H and O–H groups in total. The van der Waals surface area contributed by atoms with E-state index in [9.17, 15) is 4.79 Å². The Morgan fingerprint density at radius 3 is 2.36 bits per heavy atom. The third-order valence-corrected chi connectivity index (χ3v) is 4.54. The number of amides is 1. The molecule has 5 nitrogen and oxygen atoms in total. The van der Waals surface area contributed by atoms with Crippen LogP contribution >= 0.6 is 0 Å². The number of likely N-dealkylation sites (N-methyl/N-ethyl adjacent to an activating group) is 2. The zero-order valence-corrected chi connectivity index (χ0v) is 15.6. The van der Waals surface area contributed by atoms with Crippen LogP contribution in [0.5, 0.6) is 11.5 Å². The molecular formula is C20H27N2O3+. The van der Waals surface area contributed by atoms with Gasteiger partial charge in [0.15, 0.2) is 17.5 Å². The minimum atomic E-state index is -0.193. The number of quaternary nitrogens is 1. The zero-order chi connectivity index (χ0) is 18.4. The first kappa shape index (κ1) is 18.8. The largest absolute Gasteiger partial charge is 0.493 e. The molecule has 2 rings (SSSR count). The van der Waals surface area contributed by atoms with E-state index in [1.54, 1.807) is 19.1 Å². The lowest BCUT2D eigenvalue weighted by atomic mass is 10.1. The van der Waals surface area contributed by atoms with Crippen LogP contribution in [-0.2, 0) is 11.3 Å². The van der Waals surface area contributed by atoms with Gasteiger partial charge in [0.25, 0.3) is 5.91 Å². The van der Waals surface area contributed by atoms with Gasteiger partial charge in [0.1, 0.15) is 6.54 Å². The van der Waals surface area contributed by atoms with Crippen molar-refractivity contribution >= 4 is 11.6 Å². The first-order chi connectivity index (χ1) is 12.0. The Hall–Kier alpha value is -2.53. The van der Waals surface area contributed by atoms with E-state index in [0.717, 1.165) is 21.9 Å². The summed E-state index contributed by atoms with van der Waals surface area (Å²) in [6, 6.07) is 15.3. The summed E-state index contributed by atoms with van der Waals surface area (Å²) in [7, 11) is 7.08. The van der Waals surface area contributed by atoms with Crippen molar-refractivity contribution in [2.45, 2.75) is 19.5 Å². The number of nitrogens with zero attached hydrogens (tertiary/aromatic N) is 1. The van der Waals surface area contributed by atoms with Gasteiger partial charge in [-0.1, -0.05) is 24.3 Å². The Morgan fingerprint density at radius 2 is 1.76 bits per heavy atom. The van der Waals surface area contributed by atoms with E-state index < -0.39 is 0 Å². The van der Waals surface area contributed by atoms with Crippen LogP contribution in [0, 0.1) is 0 Å². The standard InChI is InChI=1S/C20H26N2O3/c1-15(20(23)22(3)17-11-7-6-8-12-17)21(2)14-16-10-9-13-18(24-4)19(16)25-5/h6-13,15H,14H2,1-5H3/p+1/t15-/m1/s1. The number of nitrogens with one attached hydrogen (secondary N) is 1. The van der Waals surface area contributed by atoms with Crippen LogP contribution in [0.3, 0.4) is 0 Å². The number of hydrogen-bond acceptors (Lipinski definition) is 3. The van der Waals surface area contributed by atoms with Crippen LogP contribution in [0.15, 0.2) is 48.5 Å². The van der Waals surface area contributed by atoms with Gasteiger partial charge in [0.05, 0.1) is 26.8 Å². The summed E-state index contributed by atoms with van der Waals surface area (Å²) in [6.07, 6.45) is 0. The van der Waals surface area contributed by atoms with E-state index in [-0.39, 0.29) is 11.9 Å². The maximum Gasteiger partial charge on any atom is 0.284 e. The van der Waals surface area contributed by atoms with Gasteiger partial charge in [0.2, 0.25) is 0 Å². The van der Waals surface area contributed by atoms with Crippen LogP contribution < -0.4 is 19.3 Å². The normalized spacial score (nSPS) is 13.0. The van der Waals surface area contributed by atoms with Crippen LogP contribution in [-0.4, -0.2) is 40.3 Å². The molecule has 0 bridgehead atoms. The van der Waals surface area contributed by atoms with E-state index in [2.05, 4.69) is 0 Å². The number of carbonyl (C=O) groups is 1.